The summed E-state index contributed by atoms with van der Waals surface area (Å²) in [5.41, 5.74) is 0.334. The van der Waals surface area contributed by atoms with E-state index in [1.54, 1.807) is 30.3 Å². The first-order valence-corrected chi connectivity index (χ1v) is 7.14. The van der Waals surface area contributed by atoms with Gasteiger partial charge in [0.15, 0.2) is 0 Å². The summed E-state index contributed by atoms with van der Waals surface area (Å²) in [4.78, 5) is 23.9. The molecule has 0 fully saturated rings. The lowest BCUT2D eigenvalue weighted by molar-refractivity contribution is -0.137. The van der Waals surface area contributed by atoms with Crippen molar-refractivity contribution in [1.29, 1.82) is 0 Å². The third-order valence-electron chi connectivity index (χ3n) is 2.69. The van der Waals surface area contributed by atoms with Gasteiger partial charge in [0.1, 0.15) is 0 Å². The number of carboxylic acids is 1. The Labute approximate surface area is 125 Å². The van der Waals surface area contributed by atoms with Gasteiger partial charge in [-0.2, -0.15) is 0 Å². The SMILES string of the molecule is O=C(O)C[C@H](NC(=O)c1ccccc1Cl)c1cccs1. The number of carbonyl (C=O) groups is 2. The molecule has 4 nitrogen and oxygen atoms in total. The van der Waals surface area contributed by atoms with Gasteiger partial charge in [0.25, 0.3) is 5.91 Å². The summed E-state index contributed by atoms with van der Waals surface area (Å²) in [5.74, 6) is -1.35. The van der Waals surface area contributed by atoms with E-state index in [2.05, 4.69) is 5.32 Å². The van der Waals surface area contributed by atoms with Crippen molar-refractivity contribution in [3.63, 3.8) is 0 Å². The van der Waals surface area contributed by atoms with Crippen LogP contribution in [0.1, 0.15) is 27.7 Å². The minimum Gasteiger partial charge on any atom is -0.481 e. The number of nitrogens with one attached hydrogen (secondary N) is 1. The summed E-state index contributed by atoms with van der Waals surface area (Å²) in [6, 6.07) is 9.71. The van der Waals surface area contributed by atoms with Gasteiger partial charge in [0.2, 0.25) is 0 Å². The Morgan fingerprint density at radius 1 is 1.25 bits per heavy atom. The van der Waals surface area contributed by atoms with Gasteiger partial charge in [0, 0.05) is 4.88 Å². The zero-order valence-corrected chi connectivity index (χ0v) is 11.9. The number of carbonyl (C=O) groups excluding carboxylic acids is 1. The Morgan fingerprint density at radius 3 is 2.60 bits per heavy atom. The van der Waals surface area contributed by atoms with Gasteiger partial charge in [0.05, 0.1) is 23.0 Å². The average molecular weight is 310 g/mol. The number of thiophene rings is 1. The van der Waals surface area contributed by atoms with E-state index in [1.807, 2.05) is 11.4 Å². The number of aliphatic carboxylic acids is 1. The Kier molecular flexibility index (Phi) is 4.76. The van der Waals surface area contributed by atoms with Crippen LogP contribution in [0.5, 0.6) is 0 Å². The molecule has 20 heavy (non-hydrogen) atoms. The van der Waals surface area contributed by atoms with Gasteiger partial charge < -0.3 is 10.4 Å². The number of amides is 1. The topological polar surface area (TPSA) is 66.4 Å². The van der Waals surface area contributed by atoms with Crippen LogP contribution in [0.25, 0.3) is 0 Å². The molecule has 2 N–H and O–H groups in total. The monoisotopic (exact) mass is 309 g/mol. The van der Waals surface area contributed by atoms with Crippen LogP contribution in [0.4, 0.5) is 0 Å². The van der Waals surface area contributed by atoms with Crippen LogP contribution in [0, 0.1) is 0 Å². The summed E-state index contributed by atoms with van der Waals surface area (Å²) in [5, 5.41) is 13.8. The second-order valence-corrected chi connectivity index (χ2v) is 5.51. The predicted octanol–water partition coefficient (Wildman–Crippen LogP) is 3.35. The Hall–Kier alpha value is -1.85. The van der Waals surface area contributed by atoms with Crippen LogP contribution in [0.3, 0.4) is 0 Å². The second-order valence-electron chi connectivity index (χ2n) is 4.12. The number of hydrogen-bond acceptors (Lipinski definition) is 3. The molecule has 1 atom stereocenters. The number of halogens is 1. The molecule has 1 heterocycles. The molecule has 0 bridgehead atoms. The van der Waals surface area contributed by atoms with Crippen molar-refractivity contribution in [3.8, 4) is 0 Å². The van der Waals surface area contributed by atoms with Crippen LogP contribution in [-0.4, -0.2) is 17.0 Å². The second kappa shape index (κ2) is 6.54. The maximum atomic E-state index is 12.2. The number of hydrogen-bond donors (Lipinski definition) is 2. The Morgan fingerprint density at radius 2 is 2.00 bits per heavy atom. The fraction of sp³-hybridized carbons (Fsp3) is 0.143. The highest BCUT2D eigenvalue weighted by atomic mass is 35.5. The first-order chi connectivity index (χ1) is 9.58. The molecule has 0 spiro atoms. The highest BCUT2D eigenvalue weighted by molar-refractivity contribution is 7.10. The number of carboxylic acid groups (broad SMARTS) is 1. The molecular formula is C14H12ClNO3S. The predicted molar refractivity (Wildman–Crippen MR) is 78.2 cm³/mol. The van der Waals surface area contributed by atoms with Crippen LogP contribution >= 0.6 is 22.9 Å². The van der Waals surface area contributed by atoms with E-state index in [0.29, 0.717) is 10.6 Å². The zero-order chi connectivity index (χ0) is 14.5. The van der Waals surface area contributed by atoms with Gasteiger partial charge in [-0.1, -0.05) is 29.8 Å². The minimum absolute atomic E-state index is 0.170. The van der Waals surface area contributed by atoms with Gasteiger partial charge in [-0.15, -0.1) is 11.3 Å². The molecule has 1 aromatic heterocycles. The maximum Gasteiger partial charge on any atom is 0.305 e. The van der Waals surface area contributed by atoms with E-state index in [-0.39, 0.29) is 12.3 Å². The van der Waals surface area contributed by atoms with E-state index in [0.717, 1.165) is 4.88 Å². The fourth-order valence-electron chi connectivity index (χ4n) is 1.77. The summed E-state index contributed by atoms with van der Waals surface area (Å²) in [7, 11) is 0. The highest BCUT2D eigenvalue weighted by Crippen LogP contribution is 2.23. The van der Waals surface area contributed by atoms with E-state index in [4.69, 9.17) is 16.7 Å². The smallest absolute Gasteiger partial charge is 0.305 e. The lowest BCUT2D eigenvalue weighted by Gasteiger charge is -2.16. The highest BCUT2D eigenvalue weighted by Gasteiger charge is 2.20. The average Bonchev–Trinajstić information content (AvgIpc) is 2.91. The molecule has 2 rings (SSSR count). The van der Waals surface area contributed by atoms with E-state index in [1.165, 1.54) is 11.3 Å². The molecular weight excluding hydrogens is 298 g/mol. The molecule has 0 radical (unpaired) electrons. The van der Waals surface area contributed by atoms with Crippen molar-refractivity contribution in [2.24, 2.45) is 0 Å². The Balaban J connectivity index is 2.18. The zero-order valence-electron chi connectivity index (χ0n) is 10.4. The summed E-state index contributed by atoms with van der Waals surface area (Å²) >= 11 is 7.36. The van der Waals surface area contributed by atoms with E-state index in [9.17, 15) is 9.59 Å². The molecule has 104 valence electrons. The van der Waals surface area contributed by atoms with Gasteiger partial charge in [-0.3, -0.25) is 9.59 Å². The molecule has 1 amide bonds. The largest absolute Gasteiger partial charge is 0.481 e. The normalized spacial score (nSPS) is 11.8. The van der Waals surface area contributed by atoms with Crippen molar-refractivity contribution in [2.45, 2.75) is 12.5 Å². The first kappa shape index (κ1) is 14.6. The van der Waals surface area contributed by atoms with E-state index >= 15 is 0 Å². The molecule has 0 aliphatic carbocycles. The van der Waals surface area contributed by atoms with Gasteiger partial charge >= 0.3 is 5.97 Å². The van der Waals surface area contributed by atoms with Gasteiger partial charge in [-0.25, -0.2) is 0 Å². The lowest BCUT2D eigenvalue weighted by atomic mass is 10.1. The minimum atomic E-state index is -0.970. The lowest BCUT2D eigenvalue weighted by Crippen LogP contribution is -2.29. The van der Waals surface area contributed by atoms with Crippen LogP contribution in [0.2, 0.25) is 5.02 Å². The molecule has 1 aromatic carbocycles. The summed E-state index contributed by atoms with van der Waals surface area (Å²) < 4.78 is 0. The summed E-state index contributed by atoms with van der Waals surface area (Å²) in [6.45, 7) is 0. The number of rotatable bonds is 5. The third-order valence-corrected chi connectivity index (χ3v) is 4.00. The summed E-state index contributed by atoms with van der Waals surface area (Å²) in [6.07, 6.45) is -0.170. The molecule has 0 saturated heterocycles. The fourth-order valence-corrected chi connectivity index (χ4v) is 2.77. The van der Waals surface area contributed by atoms with Crippen molar-refractivity contribution >= 4 is 34.8 Å². The molecule has 0 unspecified atom stereocenters. The molecule has 0 aliphatic rings. The third kappa shape index (κ3) is 3.59. The van der Waals surface area contributed by atoms with Crippen LogP contribution in [-0.2, 0) is 4.79 Å². The molecule has 0 saturated carbocycles. The van der Waals surface area contributed by atoms with E-state index < -0.39 is 12.0 Å². The van der Waals surface area contributed by atoms with Crippen molar-refractivity contribution in [2.75, 3.05) is 0 Å². The van der Waals surface area contributed by atoms with Crippen LogP contribution in [0.15, 0.2) is 41.8 Å². The molecule has 6 heteroatoms. The standard InChI is InChI=1S/C14H12ClNO3S/c15-10-5-2-1-4-9(10)14(19)16-11(8-13(17)18)12-6-3-7-20-12/h1-7,11H,8H2,(H,16,19)(H,17,18)/t11-/m0/s1. The van der Waals surface area contributed by atoms with Crippen molar-refractivity contribution in [3.05, 3.63) is 57.2 Å². The quantitative estimate of drug-likeness (QED) is 0.890. The number of benzene rings is 1. The van der Waals surface area contributed by atoms with Gasteiger partial charge in [-0.05, 0) is 23.6 Å². The maximum absolute atomic E-state index is 12.2. The Bertz CT molecular complexity index is 613. The van der Waals surface area contributed by atoms with Crippen molar-refractivity contribution < 1.29 is 14.7 Å². The molecule has 2 aromatic rings. The van der Waals surface area contributed by atoms with Crippen molar-refractivity contribution in [1.82, 2.24) is 5.32 Å². The first-order valence-electron chi connectivity index (χ1n) is 5.88. The molecule has 0 aliphatic heterocycles. The van der Waals surface area contributed by atoms with Crippen LogP contribution < -0.4 is 5.32 Å².